The van der Waals surface area contributed by atoms with E-state index in [4.69, 9.17) is 0 Å². The summed E-state index contributed by atoms with van der Waals surface area (Å²) in [5.74, 6) is 3.65. The summed E-state index contributed by atoms with van der Waals surface area (Å²) >= 11 is 4.07. The summed E-state index contributed by atoms with van der Waals surface area (Å²) in [6.45, 7) is 9.57. The highest BCUT2D eigenvalue weighted by molar-refractivity contribution is 8.16. The lowest BCUT2D eigenvalue weighted by Crippen LogP contribution is -2.41. The second kappa shape index (κ2) is 6.06. The van der Waals surface area contributed by atoms with E-state index in [-0.39, 0.29) is 23.0 Å². The van der Waals surface area contributed by atoms with Gasteiger partial charge in [0.25, 0.3) is 0 Å². The van der Waals surface area contributed by atoms with E-state index >= 15 is 0 Å². The quantitative estimate of drug-likeness (QED) is 0.510. The van der Waals surface area contributed by atoms with Gasteiger partial charge in [0.15, 0.2) is 0 Å². The van der Waals surface area contributed by atoms with E-state index in [0.29, 0.717) is 10.8 Å². The standard InChI is InChI=1S/C21H36O2S2/c1-18(2)14-5-7-20(18,16(22)9-14)11-24-13-25-12-21-8-6-15(10-17(21)23)19(21,3)4/h14-17,22-23H,5-13H2,1-4H3. The Kier molecular flexibility index (Phi) is 4.59. The van der Waals surface area contributed by atoms with E-state index in [2.05, 4.69) is 27.7 Å². The second-order valence-electron chi connectivity index (χ2n) is 10.5. The van der Waals surface area contributed by atoms with Crippen molar-refractivity contribution < 1.29 is 10.2 Å². The lowest BCUT2D eigenvalue weighted by molar-refractivity contribution is 0.0167. The zero-order valence-electron chi connectivity index (χ0n) is 16.4. The first-order valence-corrected chi connectivity index (χ1v) is 12.5. The molecule has 4 bridgehead atoms. The molecule has 0 radical (unpaired) electrons. The van der Waals surface area contributed by atoms with Gasteiger partial charge in [-0.1, -0.05) is 27.7 Å². The van der Waals surface area contributed by atoms with E-state index in [1.165, 1.54) is 25.7 Å². The average molecular weight is 385 g/mol. The molecule has 0 aliphatic heterocycles. The van der Waals surface area contributed by atoms with E-state index in [1.54, 1.807) is 0 Å². The molecular formula is C21H36O2S2. The second-order valence-corrected chi connectivity index (χ2v) is 12.9. The minimum Gasteiger partial charge on any atom is -0.392 e. The minimum atomic E-state index is -0.0940. The number of hydrogen-bond acceptors (Lipinski definition) is 4. The van der Waals surface area contributed by atoms with Crippen LogP contribution in [-0.4, -0.2) is 39.0 Å². The molecule has 0 aromatic carbocycles. The third kappa shape index (κ3) is 2.39. The van der Waals surface area contributed by atoms with Crippen LogP contribution in [0.1, 0.15) is 66.2 Å². The van der Waals surface area contributed by atoms with Crippen LogP contribution < -0.4 is 0 Å². The molecule has 4 saturated carbocycles. The molecule has 25 heavy (non-hydrogen) atoms. The Morgan fingerprint density at radius 1 is 0.760 bits per heavy atom. The first kappa shape index (κ1) is 19.0. The number of aliphatic hydroxyl groups is 2. The van der Waals surface area contributed by atoms with Gasteiger partial charge in [-0.3, -0.25) is 0 Å². The molecule has 2 nitrogen and oxygen atoms in total. The normalized spacial score (nSPS) is 49.2. The molecule has 0 amide bonds. The SMILES string of the molecule is CC1(C)C2CCC1(CSCSCC13CCC(CC1O)C3(C)C)C(O)C2. The smallest absolute Gasteiger partial charge is 0.0612 e. The van der Waals surface area contributed by atoms with E-state index in [1.807, 2.05) is 23.5 Å². The maximum Gasteiger partial charge on any atom is 0.0612 e. The van der Waals surface area contributed by atoms with Crippen LogP contribution in [0, 0.1) is 33.5 Å². The molecule has 0 saturated heterocycles. The Labute approximate surface area is 162 Å². The lowest BCUT2D eigenvalue weighted by Gasteiger charge is -2.41. The molecule has 6 unspecified atom stereocenters. The van der Waals surface area contributed by atoms with Crippen molar-refractivity contribution in [2.24, 2.45) is 33.5 Å². The van der Waals surface area contributed by atoms with Crippen molar-refractivity contribution in [1.82, 2.24) is 0 Å². The van der Waals surface area contributed by atoms with E-state index in [9.17, 15) is 10.2 Å². The summed E-state index contributed by atoms with van der Waals surface area (Å²) in [6.07, 6.45) is 6.89. The maximum absolute atomic E-state index is 10.7. The highest BCUT2D eigenvalue weighted by atomic mass is 32.2. The van der Waals surface area contributed by atoms with Crippen molar-refractivity contribution in [3.8, 4) is 0 Å². The van der Waals surface area contributed by atoms with Gasteiger partial charge in [-0.15, -0.1) is 0 Å². The van der Waals surface area contributed by atoms with Crippen molar-refractivity contribution in [3.63, 3.8) is 0 Å². The minimum absolute atomic E-state index is 0.0940. The summed E-state index contributed by atoms with van der Waals surface area (Å²) in [6, 6.07) is 0. The molecule has 144 valence electrons. The number of fused-ring (bicyclic) bond motifs is 4. The van der Waals surface area contributed by atoms with E-state index < -0.39 is 0 Å². The molecule has 4 aliphatic rings. The fourth-order valence-electron chi connectivity index (χ4n) is 7.27. The van der Waals surface area contributed by atoms with Gasteiger partial charge in [0.2, 0.25) is 0 Å². The van der Waals surface area contributed by atoms with Gasteiger partial charge in [-0.2, -0.15) is 23.5 Å². The topological polar surface area (TPSA) is 40.5 Å². The number of rotatable bonds is 6. The van der Waals surface area contributed by atoms with Crippen LogP contribution >= 0.6 is 23.5 Å². The first-order valence-electron chi connectivity index (χ1n) is 10.2. The number of thioether (sulfide) groups is 2. The Hall–Kier alpha value is 0.620. The van der Waals surface area contributed by atoms with E-state index in [0.717, 1.165) is 41.3 Å². The van der Waals surface area contributed by atoms with Gasteiger partial charge >= 0.3 is 0 Å². The summed E-state index contributed by atoms with van der Waals surface area (Å²) in [4.78, 5) is 0. The Morgan fingerprint density at radius 3 is 1.44 bits per heavy atom. The molecule has 4 heteroatoms. The Bertz CT molecular complexity index is 488. The summed E-state index contributed by atoms with van der Waals surface area (Å²) in [5.41, 5.74) is 0.883. The monoisotopic (exact) mass is 384 g/mol. The average Bonchev–Trinajstić information content (AvgIpc) is 3.07. The number of aliphatic hydroxyl groups excluding tert-OH is 2. The first-order chi connectivity index (χ1) is 11.7. The van der Waals surface area contributed by atoms with Crippen LogP contribution in [0.4, 0.5) is 0 Å². The van der Waals surface area contributed by atoms with Crippen LogP contribution in [0.3, 0.4) is 0 Å². The van der Waals surface area contributed by atoms with Gasteiger partial charge in [0, 0.05) is 27.4 Å². The third-order valence-corrected chi connectivity index (χ3v) is 12.4. The molecule has 6 atom stereocenters. The maximum atomic E-state index is 10.7. The largest absolute Gasteiger partial charge is 0.392 e. The van der Waals surface area contributed by atoms with Crippen LogP contribution in [0.5, 0.6) is 0 Å². The molecule has 0 spiro atoms. The van der Waals surface area contributed by atoms with Crippen LogP contribution in [0.25, 0.3) is 0 Å². The fourth-order valence-corrected chi connectivity index (χ4v) is 10.5. The number of hydrogen-bond donors (Lipinski definition) is 2. The highest BCUT2D eigenvalue weighted by Gasteiger charge is 2.64. The zero-order chi connectivity index (χ0) is 18.1. The summed E-state index contributed by atoms with van der Waals surface area (Å²) < 4.78 is 0. The fraction of sp³-hybridized carbons (Fsp3) is 1.00. The zero-order valence-corrected chi connectivity index (χ0v) is 18.0. The summed E-state index contributed by atoms with van der Waals surface area (Å²) in [7, 11) is 0. The van der Waals surface area contributed by atoms with Gasteiger partial charge in [-0.05, 0) is 61.2 Å². The Morgan fingerprint density at radius 2 is 1.16 bits per heavy atom. The molecular weight excluding hydrogens is 348 g/mol. The van der Waals surface area contributed by atoms with Crippen molar-refractivity contribution >= 4 is 23.5 Å². The van der Waals surface area contributed by atoms with Crippen LogP contribution in [0.2, 0.25) is 0 Å². The van der Waals surface area contributed by atoms with Gasteiger partial charge < -0.3 is 10.2 Å². The lowest BCUT2D eigenvalue weighted by atomic mass is 9.70. The highest BCUT2D eigenvalue weighted by Crippen LogP contribution is 2.68. The molecule has 4 aliphatic carbocycles. The predicted octanol–water partition coefficient (Wildman–Crippen LogP) is 4.78. The van der Waals surface area contributed by atoms with Crippen LogP contribution in [0.15, 0.2) is 0 Å². The van der Waals surface area contributed by atoms with Gasteiger partial charge in [0.05, 0.1) is 12.2 Å². The van der Waals surface area contributed by atoms with Crippen LogP contribution in [-0.2, 0) is 0 Å². The molecule has 0 heterocycles. The molecule has 4 fully saturated rings. The Balaban J connectivity index is 1.31. The molecule has 0 aromatic heterocycles. The molecule has 2 N–H and O–H groups in total. The van der Waals surface area contributed by atoms with Gasteiger partial charge in [0.1, 0.15) is 0 Å². The van der Waals surface area contributed by atoms with Crippen molar-refractivity contribution in [2.75, 3.05) is 16.6 Å². The predicted molar refractivity (Wildman–Crippen MR) is 109 cm³/mol. The van der Waals surface area contributed by atoms with Crippen molar-refractivity contribution in [1.29, 1.82) is 0 Å². The third-order valence-electron chi connectivity index (χ3n) is 9.66. The molecule has 0 aromatic rings. The van der Waals surface area contributed by atoms with Crippen molar-refractivity contribution in [3.05, 3.63) is 0 Å². The molecule has 4 rings (SSSR count). The van der Waals surface area contributed by atoms with Crippen molar-refractivity contribution in [2.45, 2.75) is 78.4 Å². The van der Waals surface area contributed by atoms with Gasteiger partial charge in [-0.25, -0.2) is 0 Å². The summed E-state index contributed by atoms with van der Waals surface area (Å²) in [5, 5.41) is 22.4.